The Kier molecular flexibility index (Phi) is 5.29. The maximum absolute atomic E-state index is 10.6. The number of aryl methyl sites for hydroxylation is 1. The van der Waals surface area contributed by atoms with Crippen molar-refractivity contribution in [1.82, 2.24) is 4.98 Å². The lowest BCUT2D eigenvalue weighted by molar-refractivity contribution is 0.0691. The van der Waals surface area contributed by atoms with Crippen molar-refractivity contribution in [3.05, 3.63) is 23.5 Å². The first-order valence-electron chi connectivity index (χ1n) is 4.53. The van der Waals surface area contributed by atoms with Crippen LogP contribution in [0, 0.1) is 6.92 Å². The van der Waals surface area contributed by atoms with Gasteiger partial charge in [-0.15, -0.1) is 0 Å². The maximum Gasteiger partial charge on any atom is 0.356 e. The summed E-state index contributed by atoms with van der Waals surface area (Å²) in [5.74, 6) is -1.01. The minimum absolute atomic E-state index is 0.0671. The van der Waals surface area contributed by atoms with Crippen molar-refractivity contribution in [1.29, 1.82) is 0 Å². The van der Waals surface area contributed by atoms with Gasteiger partial charge >= 0.3 is 5.97 Å². The van der Waals surface area contributed by atoms with E-state index in [4.69, 9.17) is 5.11 Å². The Hall–Kier alpha value is -1.58. The molecule has 0 atom stereocenters. The average Bonchev–Trinajstić information content (AvgIpc) is 2.20. The third-order valence-electron chi connectivity index (χ3n) is 1.61. The summed E-state index contributed by atoms with van der Waals surface area (Å²) >= 11 is 0. The molecule has 0 spiro atoms. The summed E-state index contributed by atoms with van der Waals surface area (Å²) in [6, 6.07) is 1.76. The molecule has 0 aliphatic carbocycles. The lowest BCUT2D eigenvalue weighted by atomic mass is 10.2. The zero-order valence-electron chi connectivity index (χ0n) is 8.96. The highest BCUT2D eigenvalue weighted by Crippen LogP contribution is 2.16. The van der Waals surface area contributed by atoms with Gasteiger partial charge in [0.2, 0.25) is 0 Å². The van der Waals surface area contributed by atoms with Gasteiger partial charge < -0.3 is 10.4 Å². The first-order valence-corrected chi connectivity index (χ1v) is 4.53. The minimum Gasteiger partial charge on any atom is -0.476 e. The van der Waals surface area contributed by atoms with Gasteiger partial charge in [0.25, 0.3) is 0 Å². The van der Waals surface area contributed by atoms with Gasteiger partial charge in [-0.3, -0.25) is 0 Å². The van der Waals surface area contributed by atoms with Crippen molar-refractivity contribution >= 4 is 11.7 Å². The van der Waals surface area contributed by atoms with E-state index in [-0.39, 0.29) is 5.69 Å². The summed E-state index contributed by atoms with van der Waals surface area (Å²) < 4.78 is 0. The second kappa shape index (κ2) is 5.96. The van der Waals surface area contributed by atoms with Crippen LogP contribution >= 0.6 is 0 Å². The molecule has 0 aliphatic heterocycles. The number of pyridine rings is 1. The number of hydrogen-bond donors (Lipinski definition) is 2. The van der Waals surface area contributed by atoms with Crippen molar-refractivity contribution in [3.63, 3.8) is 0 Å². The summed E-state index contributed by atoms with van der Waals surface area (Å²) in [5.41, 5.74) is 1.52. The molecule has 14 heavy (non-hydrogen) atoms. The molecule has 0 amide bonds. The van der Waals surface area contributed by atoms with E-state index in [9.17, 15) is 4.79 Å². The number of anilines is 1. The van der Waals surface area contributed by atoms with Gasteiger partial charge in [0, 0.05) is 13.2 Å². The van der Waals surface area contributed by atoms with Crippen LogP contribution in [0.3, 0.4) is 0 Å². The molecule has 1 aromatic heterocycles. The van der Waals surface area contributed by atoms with E-state index >= 15 is 0 Å². The fourth-order valence-corrected chi connectivity index (χ4v) is 1.04. The van der Waals surface area contributed by atoms with E-state index in [1.54, 1.807) is 13.1 Å². The predicted molar refractivity (Wildman–Crippen MR) is 56.8 cm³/mol. The number of rotatable bonds is 2. The number of carbonyl (C=O) groups is 1. The zero-order valence-corrected chi connectivity index (χ0v) is 8.96. The van der Waals surface area contributed by atoms with Gasteiger partial charge in [0.15, 0.2) is 5.69 Å². The van der Waals surface area contributed by atoms with Gasteiger partial charge in [0.05, 0.1) is 5.69 Å². The highest BCUT2D eigenvalue weighted by Gasteiger charge is 2.11. The molecule has 1 rings (SSSR count). The Morgan fingerprint density at radius 2 is 2.07 bits per heavy atom. The summed E-state index contributed by atoms with van der Waals surface area (Å²) in [4.78, 5) is 14.4. The number of aromatic nitrogens is 1. The van der Waals surface area contributed by atoms with Crippen molar-refractivity contribution in [2.24, 2.45) is 0 Å². The topological polar surface area (TPSA) is 62.2 Å². The fraction of sp³-hybridized carbons (Fsp3) is 0.400. The molecule has 4 nitrogen and oxygen atoms in total. The van der Waals surface area contributed by atoms with Crippen LogP contribution in [0.25, 0.3) is 0 Å². The Balaban J connectivity index is 0.000000791. The first-order chi connectivity index (χ1) is 6.66. The van der Waals surface area contributed by atoms with Gasteiger partial charge in [0.1, 0.15) is 0 Å². The molecule has 0 saturated heterocycles. The number of hydrogen-bond acceptors (Lipinski definition) is 3. The van der Waals surface area contributed by atoms with Crippen LogP contribution in [0.1, 0.15) is 29.9 Å². The Bertz CT molecular complexity index is 311. The van der Waals surface area contributed by atoms with Crippen LogP contribution in [-0.2, 0) is 0 Å². The highest BCUT2D eigenvalue weighted by molar-refractivity contribution is 5.92. The molecule has 0 radical (unpaired) electrons. The van der Waals surface area contributed by atoms with Crippen LogP contribution in [0.4, 0.5) is 5.69 Å². The average molecular weight is 196 g/mol. The summed E-state index contributed by atoms with van der Waals surface area (Å²) in [7, 11) is 1.68. The maximum atomic E-state index is 10.6. The molecule has 2 N–H and O–H groups in total. The quantitative estimate of drug-likeness (QED) is 0.760. The third-order valence-corrected chi connectivity index (χ3v) is 1.61. The first kappa shape index (κ1) is 12.4. The monoisotopic (exact) mass is 196 g/mol. The molecule has 1 aromatic rings. The second-order valence-corrected chi connectivity index (χ2v) is 2.41. The zero-order chi connectivity index (χ0) is 11.1. The Morgan fingerprint density at radius 1 is 1.50 bits per heavy atom. The van der Waals surface area contributed by atoms with Crippen molar-refractivity contribution in [3.8, 4) is 0 Å². The number of aromatic carboxylic acids is 1. The summed E-state index contributed by atoms with van der Waals surface area (Å²) in [5, 5.41) is 11.5. The standard InChI is InChI=1S/C8H10N2O2.C2H6/c1-5-3-4-10-7(8(11)12)6(5)9-2;1-2/h3-4,9H,1-2H3,(H,11,12);1-2H3. The molecular weight excluding hydrogens is 180 g/mol. The SMILES string of the molecule is CC.CNc1c(C)ccnc1C(=O)O. The molecule has 78 valence electrons. The molecule has 1 heterocycles. The van der Waals surface area contributed by atoms with E-state index in [0.717, 1.165) is 5.56 Å². The number of carboxylic acids is 1. The molecule has 0 unspecified atom stereocenters. The minimum atomic E-state index is -1.01. The largest absolute Gasteiger partial charge is 0.476 e. The highest BCUT2D eigenvalue weighted by atomic mass is 16.4. The molecule has 0 saturated carbocycles. The number of nitrogens with one attached hydrogen (secondary N) is 1. The molecule has 4 heteroatoms. The van der Waals surface area contributed by atoms with E-state index in [0.29, 0.717) is 5.69 Å². The van der Waals surface area contributed by atoms with Crippen molar-refractivity contribution in [2.75, 3.05) is 12.4 Å². The second-order valence-electron chi connectivity index (χ2n) is 2.41. The van der Waals surface area contributed by atoms with Gasteiger partial charge in [-0.05, 0) is 18.6 Å². The summed E-state index contributed by atoms with van der Waals surface area (Å²) in [6.07, 6.45) is 1.49. The van der Waals surface area contributed by atoms with Crippen LogP contribution in [0.5, 0.6) is 0 Å². The molecule has 0 bridgehead atoms. The lowest BCUT2D eigenvalue weighted by Crippen LogP contribution is -2.06. The van der Waals surface area contributed by atoms with E-state index in [2.05, 4.69) is 10.3 Å². The van der Waals surface area contributed by atoms with Crippen molar-refractivity contribution in [2.45, 2.75) is 20.8 Å². The smallest absolute Gasteiger partial charge is 0.356 e. The van der Waals surface area contributed by atoms with Crippen molar-refractivity contribution < 1.29 is 9.90 Å². The van der Waals surface area contributed by atoms with Crippen LogP contribution < -0.4 is 5.32 Å². The van der Waals surface area contributed by atoms with Crippen LogP contribution in [0.15, 0.2) is 12.3 Å². The van der Waals surface area contributed by atoms with Gasteiger partial charge in [-0.1, -0.05) is 13.8 Å². The molecule has 0 aliphatic rings. The van der Waals surface area contributed by atoms with Crippen LogP contribution in [0.2, 0.25) is 0 Å². The van der Waals surface area contributed by atoms with Gasteiger partial charge in [-0.25, -0.2) is 9.78 Å². The third kappa shape index (κ3) is 2.73. The Morgan fingerprint density at radius 3 is 2.43 bits per heavy atom. The summed E-state index contributed by atoms with van der Waals surface area (Å²) in [6.45, 7) is 5.83. The molecular formula is C10H16N2O2. The normalized spacial score (nSPS) is 8.57. The molecule has 0 fully saturated rings. The van der Waals surface area contributed by atoms with Gasteiger partial charge in [-0.2, -0.15) is 0 Å². The van der Waals surface area contributed by atoms with E-state index in [1.165, 1.54) is 6.20 Å². The van der Waals surface area contributed by atoms with Crippen LogP contribution in [-0.4, -0.2) is 23.1 Å². The van der Waals surface area contributed by atoms with E-state index in [1.807, 2.05) is 20.8 Å². The Labute approximate surface area is 84.0 Å². The lowest BCUT2D eigenvalue weighted by Gasteiger charge is -2.06. The molecule has 0 aromatic carbocycles. The predicted octanol–water partition coefficient (Wildman–Crippen LogP) is 2.16. The fourth-order valence-electron chi connectivity index (χ4n) is 1.04. The number of nitrogens with zero attached hydrogens (tertiary/aromatic N) is 1. The van der Waals surface area contributed by atoms with E-state index < -0.39 is 5.97 Å². The number of carboxylic acid groups (broad SMARTS) is 1.